The molecule has 0 aromatic heterocycles. The number of ether oxygens (including phenoxy) is 1. The summed E-state index contributed by atoms with van der Waals surface area (Å²) in [5.74, 6) is -2.98. The quantitative estimate of drug-likeness (QED) is 0.187. The Morgan fingerprint density at radius 1 is 0.848 bits per heavy atom. The number of methoxy groups -OCH3 is 1. The van der Waals surface area contributed by atoms with Crippen molar-refractivity contribution in [3.63, 3.8) is 0 Å². The molecule has 0 bridgehead atoms. The molecule has 0 spiro atoms. The summed E-state index contributed by atoms with van der Waals surface area (Å²) in [5, 5.41) is 42.6. The highest BCUT2D eigenvalue weighted by atomic mass is 16.5. The lowest BCUT2D eigenvalue weighted by Crippen LogP contribution is -2.43. The maximum absolute atomic E-state index is 12.2. The van der Waals surface area contributed by atoms with Crippen molar-refractivity contribution in [1.29, 1.82) is 0 Å². The first-order valence-corrected chi connectivity index (χ1v) is 9.76. The molecule has 2 aromatic rings. The van der Waals surface area contributed by atoms with E-state index in [9.17, 15) is 34.8 Å². The molecule has 10 nitrogen and oxygen atoms in total. The fraction of sp³-hybridized carbons (Fsp3) is 0.174. The maximum Gasteiger partial charge on any atom is 0.328 e. The van der Waals surface area contributed by atoms with Crippen molar-refractivity contribution in [2.75, 3.05) is 13.7 Å². The Labute approximate surface area is 189 Å². The van der Waals surface area contributed by atoms with Gasteiger partial charge in [-0.3, -0.25) is 9.59 Å². The van der Waals surface area contributed by atoms with Gasteiger partial charge in [0, 0.05) is 18.7 Å². The number of phenols is 4. The van der Waals surface area contributed by atoms with Gasteiger partial charge in [0.25, 0.3) is 0 Å². The van der Waals surface area contributed by atoms with Crippen LogP contribution < -0.4 is 10.6 Å². The van der Waals surface area contributed by atoms with Gasteiger partial charge in [-0.25, -0.2) is 4.79 Å². The number of rotatable bonds is 9. The summed E-state index contributed by atoms with van der Waals surface area (Å²) in [6.07, 6.45) is 5.24. The van der Waals surface area contributed by atoms with Crippen molar-refractivity contribution >= 4 is 29.9 Å². The molecular weight excluding hydrogens is 432 g/mol. The number of carbonyl (C=O) groups excluding carboxylic acids is 3. The van der Waals surface area contributed by atoms with Gasteiger partial charge in [-0.15, -0.1) is 0 Å². The summed E-state index contributed by atoms with van der Waals surface area (Å²) in [6.45, 7) is 0.0552. The number of esters is 1. The van der Waals surface area contributed by atoms with Crippen LogP contribution in [0.15, 0.2) is 48.6 Å². The van der Waals surface area contributed by atoms with E-state index in [0.29, 0.717) is 11.1 Å². The highest BCUT2D eigenvalue weighted by molar-refractivity contribution is 5.95. The predicted molar refractivity (Wildman–Crippen MR) is 119 cm³/mol. The largest absolute Gasteiger partial charge is 0.504 e. The minimum atomic E-state index is -1.02. The molecule has 1 unspecified atom stereocenters. The molecule has 0 fully saturated rings. The van der Waals surface area contributed by atoms with E-state index in [1.54, 1.807) is 0 Å². The molecule has 0 aliphatic carbocycles. The second-order valence-corrected chi connectivity index (χ2v) is 6.83. The van der Waals surface area contributed by atoms with Crippen molar-refractivity contribution in [3.05, 3.63) is 59.7 Å². The van der Waals surface area contributed by atoms with Crippen LogP contribution in [0.3, 0.4) is 0 Å². The predicted octanol–water partition coefficient (Wildman–Crippen LogP) is 1.40. The Balaban J connectivity index is 1.88. The van der Waals surface area contributed by atoms with E-state index in [1.807, 2.05) is 0 Å². The second-order valence-electron chi connectivity index (χ2n) is 6.83. The van der Waals surface area contributed by atoms with Crippen molar-refractivity contribution in [2.24, 2.45) is 0 Å². The normalized spacial score (nSPS) is 11.9. The van der Waals surface area contributed by atoms with E-state index in [2.05, 4.69) is 15.4 Å². The fourth-order valence-electron chi connectivity index (χ4n) is 2.64. The fourth-order valence-corrected chi connectivity index (χ4v) is 2.64. The Morgan fingerprint density at radius 2 is 1.36 bits per heavy atom. The molecule has 2 rings (SSSR count). The van der Waals surface area contributed by atoms with Crippen molar-refractivity contribution in [3.8, 4) is 23.0 Å². The van der Waals surface area contributed by atoms with Crippen molar-refractivity contribution in [2.45, 2.75) is 12.5 Å². The monoisotopic (exact) mass is 456 g/mol. The number of amides is 2. The van der Waals surface area contributed by atoms with E-state index in [-0.39, 0.29) is 36.0 Å². The molecule has 0 aliphatic heterocycles. The number of benzene rings is 2. The van der Waals surface area contributed by atoms with Crippen LogP contribution in [0.1, 0.15) is 17.5 Å². The number of aromatic hydroxyl groups is 4. The second kappa shape index (κ2) is 11.8. The molecule has 2 amide bonds. The summed E-state index contributed by atoms with van der Waals surface area (Å²) in [7, 11) is 1.17. The van der Waals surface area contributed by atoms with Gasteiger partial charge in [-0.2, -0.15) is 0 Å². The summed E-state index contributed by atoms with van der Waals surface area (Å²) < 4.78 is 4.68. The molecule has 1 atom stereocenters. The van der Waals surface area contributed by atoms with Crippen molar-refractivity contribution < 1.29 is 39.5 Å². The summed E-state index contributed by atoms with van der Waals surface area (Å²) in [4.78, 5) is 36.1. The lowest BCUT2D eigenvalue weighted by atomic mass is 10.1. The van der Waals surface area contributed by atoms with E-state index in [1.165, 1.54) is 61.7 Å². The van der Waals surface area contributed by atoms with E-state index < -0.39 is 23.8 Å². The maximum atomic E-state index is 12.2. The van der Waals surface area contributed by atoms with Crippen LogP contribution in [0.25, 0.3) is 12.2 Å². The molecule has 0 radical (unpaired) electrons. The van der Waals surface area contributed by atoms with E-state index in [4.69, 9.17) is 0 Å². The number of hydrogen-bond donors (Lipinski definition) is 6. The van der Waals surface area contributed by atoms with Gasteiger partial charge in [0.15, 0.2) is 23.0 Å². The number of hydrogen-bond acceptors (Lipinski definition) is 8. The SMILES string of the molecule is COC(=O)C(CCNC(=O)/C=C/c1ccc(O)c(O)c1)NC(=O)/C=C/c1ccc(O)c(O)c1. The average molecular weight is 456 g/mol. The minimum absolute atomic E-state index is 0.0552. The van der Waals surface area contributed by atoms with Gasteiger partial charge >= 0.3 is 5.97 Å². The molecule has 10 heteroatoms. The molecule has 6 N–H and O–H groups in total. The first kappa shape index (κ1) is 24.8. The summed E-state index contributed by atoms with van der Waals surface area (Å²) in [6, 6.07) is 7.09. The van der Waals surface area contributed by atoms with E-state index >= 15 is 0 Å². The van der Waals surface area contributed by atoms with Crippen molar-refractivity contribution in [1.82, 2.24) is 10.6 Å². The molecule has 0 saturated heterocycles. The molecule has 0 heterocycles. The lowest BCUT2D eigenvalue weighted by molar-refractivity contribution is -0.144. The Kier molecular flexibility index (Phi) is 8.86. The molecule has 0 aliphatic rings. The summed E-state index contributed by atoms with van der Waals surface area (Å²) in [5.41, 5.74) is 0.949. The molecule has 0 saturated carbocycles. The van der Waals surface area contributed by atoms with Crippen LogP contribution in [-0.4, -0.2) is 57.9 Å². The van der Waals surface area contributed by atoms with Gasteiger partial charge in [-0.05, 0) is 54.0 Å². The standard InChI is InChI=1S/C23H24N2O8/c1-33-23(32)16(25-22(31)9-5-15-3-7-18(27)20(29)13-15)10-11-24-21(30)8-4-14-2-6-17(26)19(28)12-14/h2-9,12-13,16,26-29H,10-11H2,1H3,(H,24,30)(H,25,31)/b8-4+,9-5+. The molecule has 174 valence electrons. The van der Waals surface area contributed by atoms with Crippen LogP contribution >= 0.6 is 0 Å². The Bertz CT molecular complexity index is 1080. The number of carbonyl (C=O) groups is 3. The third kappa shape index (κ3) is 7.94. The zero-order chi connectivity index (χ0) is 24.4. The van der Waals surface area contributed by atoms with Gasteiger partial charge in [0.2, 0.25) is 11.8 Å². The Hall–Kier alpha value is -4.47. The molecule has 33 heavy (non-hydrogen) atoms. The van der Waals surface area contributed by atoms with Gasteiger partial charge in [0.1, 0.15) is 6.04 Å². The van der Waals surface area contributed by atoms with Crippen LogP contribution in [0.5, 0.6) is 23.0 Å². The van der Waals surface area contributed by atoms with Crippen LogP contribution in [0.4, 0.5) is 0 Å². The third-order valence-corrected chi connectivity index (χ3v) is 4.39. The topological polar surface area (TPSA) is 165 Å². The molecule has 2 aromatic carbocycles. The number of phenolic OH excluding ortho intramolecular Hbond substituents is 4. The van der Waals surface area contributed by atoms with Gasteiger partial charge < -0.3 is 35.8 Å². The molecular formula is C23H24N2O8. The first-order valence-electron chi connectivity index (χ1n) is 9.76. The van der Waals surface area contributed by atoms with Crippen LogP contribution in [0, 0.1) is 0 Å². The average Bonchev–Trinajstić information content (AvgIpc) is 2.79. The smallest absolute Gasteiger partial charge is 0.328 e. The lowest BCUT2D eigenvalue weighted by Gasteiger charge is -2.15. The highest BCUT2D eigenvalue weighted by Crippen LogP contribution is 2.26. The van der Waals surface area contributed by atoms with Crippen LogP contribution in [0.2, 0.25) is 0 Å². The zero-order valence-corrected chi connectivity index (χ0v) is 17.7. The zero-order valence-electron chi connectivity index (χ0n) is 17.7. The van der Waals surface area contributed by atoms with Crippen LogP contribution in [-0.2, 0) is 19.1 Å². The van der Waals surface area contributed by atoms with Gasteiger partial charge in [-0.1, -0.05) is 12.1 Å². The summed E-state index contributed by atoms with van der Waals surface area (Å²) >= 11 is 0. The third-order valence-electron chi connectivity index (χ3n) is 4.39. The van der Waals surface area contributed by atoms with E-state index in [0.717, 1.165) is 6.08 Å². The van der Waals surface area contributed by atoms with Gasteiger partial charge in [0.05, 0.1) is 7.11 Å². The minimum Gasteiger partial charge on any atom is -0.504 e. The highest BCUT2D eigenvalue weighted by Gasteiger charge is 2.20. The number of nitrogens with one attached hydrogen (secondary N) is 2. The first-order chi connectivity index (χ1) is 15.7. The Morgan fingerprint density at radius 3 is 1.85 bits per heavy atom.